The van der Waals surface area contributed by atoms with Gasteiger partial charge in [-0.25, -0.2) is 4.39 Å². The number of nitrogens with zero attached hydrogens (tertiary/aromatic N) is 1. The van der Waals surface area contributed by atoms with Crippen LogP contribution < -0.4 is 15.2 Å². The van der Waals surface area contributed by atoms with Gasteiger partial charge in [0.25, 0.3) is 0 Å². The van der Waals surface area contributed by atoms with Crippen LogP contribution in [-0.2, 0) is 6.61 Å². The molecule has 0 amide bonds. The zero-order valence-electron chi connectivity index (χ0n) is 10.9. The molecule has 0 aliphatic rings. The van der Waals surface area contributed by atoms with Gasteiger partial charge < -0.3 is 15.2 Å². The lowest BCUT2D eigenvalue weighted by atomic mass is 10.2. The van der Waals surface area contributed by atoms with Crippen LogP contribution in [0.15, 0.2) is 36.4 Å². The molecule has 102 valence electrons. The van der Waals surface area contributed by atoms with Crippen molar-refractivity contribution in [1.82, 2.24) is 0 Å². The molecule has 0 heterocycles. The summed E-state index contributed by atoms with van der Waals surface area (Å²) in [6, 6.07) is 11.2. The topological polar surface area (TPSA) is 68.3 Å². The number of methoxy groups -OCH3 is 1. The molecule has 4 nitrogen and oxygen atoms in total. The lowest BCUT2D eigenvalue weighted by Gasteiger charge is -2.10. The molecule has 0 unspecified atom stereocenters. The first-order valence-corrected chi connectivity index (χ1v) is 5.89. The van der Waals surface area contributed by atoms with E-state index in [9.17, 15) is 4.39 Å². The molecule has 0 saturated carbocycles. The fourth-order valence-corrected chi connectivity index (χ4v) is 1.78. The fourth-order valence-electron chi connectivity index (χ4n) is 1.78. The number of rotatable bonds is 4. The van der Waals surface area contributed by atoms with E-state index in [1.165, 1.54) is 12.1 Å². The van der Waals surface area contributed by atoms with Gasteiger partial charge in [0.2, 0.25) is 0 Å². The molecule has 2 aromatic rings. The number of anilines is 1. The molecule has 0 spiro atoms. The summed E-state index contributed by atoms with van der Waals surface area (Å²) in [5, 5.41) is 8.91. The average molecular weight is 272 g/mol. The van der Waals surface area contributed by atoms with Crippen molar-refractivity contribution in [1.29, 1.82) is 5.26 Å². The Hall–Kier alpha value is -2.74. The molecule has 0 aromatic heterocycles. The van der Waals surface area contributed by atoms with Crippen LogP contribution in [0.4, 0.5) is 10.1 Å². The maximum atomic E-state index is 13.4. The molecule has 0 atom stereocenters. The van der Waals surface area contributed by atoms with Gasteiger partial charge in [0.15, 0.2) is 0 Å². The van der Waals surface area contributed by atoms with Gasteiger partial charge in [-0.05, 0) is 29.8 Å². The van der Waals surface area contributed by atoms with Gasteiger partial charge in [-0.1, -0.05) is 6.07 Å². The van der Waals surface area contributed by atoms with E-state index in [1.54, 1.807) is 37.4 Å². The van der Waals surface area contributed by atoms with Crippen molar-refractivity contribution in [3.63, 3.8) is 0 Å². The van der Waals surface area contributed by atoms with Crippen LogP contribution >= 0.6 is 0 Å². The Balaban J connectivity index is 2.19. The SMILES string of the molecule is COc1cc(N)cc(COc2cccc(F)c2C#N)c1. The first-order valence-electron chi connectivity index (χ1n) is 5.89. The molecule has 0 aliphatic heterocycles. The number of ether oxygens (including phenoxy) is 2. The number of nitriles is 1. The summed E-state index contributed by atoms with van der Waals surface area (Å²) in [4.78, 5) is 0. The normalized spacial score (nSPS) is 9.85. The summed E-state index contributed by atoms with van der Waals surface area (Å²) in [5.41, 5.74) is 6.95. The minimum Gasteiger partial charge on any atom is -0.497 e. The molecular weight excluding hydrogens is 259 g/mol. The lowest BCUT2D eigenvalue weighted by Crippen LogP contribution is -2.00. The Morgan fingerprint density at radius 1 is 1.30 bits per heavy atom. The van der Waals surface area contributed by atoms with E-state index in [1.807, 2.05) is 0 Å². The molecule has 0 bridgehead atoms. The first-order chi connectivity index (χ1) is 9.63. The quantitative estimate of drug-likeness (QED) is 0.869. The third-order valence-electron chi connectivity index (χ3n) is 2.71. The van der Waals surface area contributed by atoms with Crippen molar-refractivity contribution in [3.05, 3.63) is 53.3 Å². The van der Waals surface area contributed by atoms with Crippen LogP contribution in [0.5, 0.6) is 11.5 Å². The van der Waals surface area contributed by atoms with Crippen molar-refractivity contribution in [2.24, 2.45) is 0 Å². The molecule has 0 saturated heterocycles. The number of nitrogens with two attached hydrogens (primary N) is 1. The maximum absolute atomic E-state index is 13.4. The summed E-state index contributed by atoms with van der Waals surface area (Å²) in [7, 11) is 1.54. The predicted octanol–water partition coefficient (Wildman–Crippen LogP) is 2.87. The van der Waals surface area contributed by atoms with E-state index >= 15 is 0 Å². The molecular formula is C15H13FN2O2. The van der Waals surface area contributed by atoms with Crippen molar-refractivity contribution < 1.29 is 13.9 Å². The van der Waals surface area contributed by atoms with Crippen molar-refractivity contribution >= 4 is 5.69 Å². The lowest BCUT2D eigenvalue weighted by molar-refractivity contribution is 0.302. The van der Waals surface area contributed by atoms with E-state index in [0.717, 1.165) is 5.56 Å². The van der Waals surface area contributed by atoms with Crippen LogP contribution in [0.25, 0.3) is 0 Å². The highest BCUT2D eigenvalue weighted by Crippen LogP contribution is 2.23. The first kappa shape index (κ1) is 13.7. The zero-order chi connectivity index (χ0) is 14.5. The van der Waals surface area contributed by atoms with Gasteiger partial charge in [-0.15, -0.1) is 0 Å². The summed E-state index contributed by atoms with van der Waals surface area (Å²) < 4.78 is 24.0. The average Bonchev–Trinajstić information content (AvgIpc) is 2.44. The largest absolute Gasteiger partial charge is 0.497 e. The zero-order valence-corrected chi connectivity index (χ0v) is 10.9. The molecule has 0 aliphatic carbocycles. The second-order valence-corrected chi connectivity index (χ2v) is 4.13. The van der Waals surface area contributed by atoms with E-state index in [2.05, 4.69) is 0 Å². The monoisotopic (exact) mass is 272 g/mol. The van der Waals surface area contributed by atoms with Crippen LogP contribution in [0, 0.1) is 17.1 Å². The number of nitrogen functional groups attached to an aromatic ring is 1. The molecule has 0 fully saturated rings. The fraction of sp³-hybridized carbons (Fsp3) is 0.133. The van der Waals surface area contributed by atoms with E-state index < -0.39 is 5.82 Å². The Kier molecular flexibility index (Phi) is 4.06. The second kappa shape index (κ2) is 5.93. The van der Waals surface area contributed by atoms with Crippen molar-refractivity contribution in [2.75, 3.05) is 12.8 Å². The van der Waals surface area contributed by atoms with Crippen LogP contribution in [-0.4, -0.2) is 7.11 Å². The third kappa shape index (κ3) is 2.98. The second-order valence-electron chi connectivity index (χ2n) is 4.13. The summed E-state index contributed by atoms with van der Waals surface area (Å²) in [6.45, 7) is 0.166. The van der Waals surface area contributed by atoms with E-state index in [4.69, 9.17) is 20.5 Å². The van der Waals surface area contributed by atoms with Crippen LogP contribution in [0.1, 0.15) is 11.1 Å². The highest BCUT2D eigenvalue weighted by atomic mass is 19.1. The molecule has 5 heteroatoms. The van der Waals surface area contributed by atoms with Gasteiger partial charge in [-0.3, -0.25) is 0 Å². The Labute approximate surface area is 116 Å². The van der Waals surface area contributed by atoms with E-state index in [0.29, 0.717) is 11.4 Å². The van der Waals surface area contributed by atoms with Crippen LogP contribution in [0.3, 0.4) is 0 Å². The third-order valence-corrected chi connectivity index (χ3v) is 2.71. The minimum atomic E-state index is -0.602. The number of hydrogen-bond donors (Lipinski definition) is 1. The van der Waals surface area contributed by atoms with Crippen molar-refractivity contribution in [3.8, 4) is 17.6 Å². The molecule has 2 N–H and O–H groups in total. The van der Waals surface area contributed by atoms with Gasteiger partial charge >= 0.3 is 0 Å². The number of hydrogen-bond acceptors (Lipinski definition) is 4. The summed E-state index contributed by atoms with van der Waals surface area (Å²) in [6.07, 6.45) is 0. The Bertz CT molecular complexity index is 665. The maximum Gasteiger partial charge on any atom is 0.144 e. The van der Waals surface area contributed by atoms with Gasteiger partial charge in [0, 0.05) is 11.8 Å². The molecule has 2 aromatic carbocycles. The van der Waals surface area contributed by atoms with Gasteiger partial charge in [0.1, 0.15) is 35.6 Å². The predicted molar refractivity (Wildman–Crippen MR) is 72.9 cm³/mol. The summed E-state index contributed by atoms with van der Waals surface area (Å²) in [5.74, 6) is 0.215. The van der Waals surface area contributed by atoms with Gasteiger partial charge in [0.05, 0.1) is 7.11 Å². The van der Waals surface area contributed by atoms with E-state index in [-0.39, 0.29) is 17.9 Å². The van der Waals surface area contributed by atoms with Crippen molar-refractivity contribution in [2.45, 2.75) is 6.61 Å². The number of benzene rings is 2. The molecule has 20 heavy (non-hydrogen) atoms. The Morgan fingerprint density at radius 3 is 2.80 bits per heavy atom. The summed E-state index contributed by atoms with van der Waals surface area (Å²) >= 11 is 0. The highest BCUT2D eigenvalue weighted by molar-refractivity contribution is 5.48. The smallest absolute Gasteiger partial charge is 0.144 e. The minimum absolute atomic E-state index is 0.108. The van der Waals surface area contributed by atoms with Crippen LogP contribution in [0.2, 0.25) is 0 Å². The standard InChI is InChI=1S/C15H13FN2O2/c1-19-12-6-10(5-11(18)7-12)9-20-15-4-2-3-14(16)13(15)8-17/h2-7H,9,18H2,1H3. The number of halogens is 1. The molecule has 0 radical (unpaired) electrons. The highest BCUT2D eigenvalue weighted by Gasteiger charge is 2.09. The molecule has 2 rings (SSSR count). The Morgan fingerprint density at radius 2 is 2.10 bits per heavy atom. The van der Waals surface area contributed by atoms with Gasteiger partial charge in [-0.2, -0.15) is 5.26 Å².